The summed E-state index contributed by atoms with van der Waals surface area (Å²) < 4.78 is 32.6. The summed E-state index contributed by atoms with van der Waals surface area (Å²) in [5.74, 6) is 0. The molecule has 3 unspecified atom stereocenters. The maximum atomic E-state index is 11.6. The third kappa shape index (κ3) is 12.8. The van der Waals surface area contributed by atoms with Gasteiger partial charge in [0, 0.05) is 0 Å². The Balaban J connectivity index is 4.22. The smallest absolute Gasteiger partial charge is 0.270 e. The van der Waals surface area contributed by atoms with Crippen LogP contribution >= 0.6 is 0 Å². The molecule has 3 N–H and O–H groups in total. The summed E-state index contributed by atoms with van der Waals surface area (Å²) in [7, 11) is -4.36. The largest absolute Gasteiger partial charge is 0.390 e. The highest BCUT2D eigenvalue weighted by atomic mass is 32.2. The van der Waals surface area contributed by atoms with Crippen LogP contribution in [0.15, 0.2) is 0 Å². The fraction of sp³-hybridized carbons (Fsp3) is 1.00. The van der Waals surface area contributed by atoms with Crippen molar-refractivity contribution >= 4 is 10.1 Å². The van der Waals surface area contributed by atoms with Crippen molar-refractivity contribution in [3.8, 4) is 0 Å². The van der Waals surface area contributed by atoms with E-state index in [4.69, 9.17) is 0 Å². The molecule has 0 saturated carbocycles. The molecule has 0 heterocycles. The van der Waals surface area contributed by atoms with Crippen LogP contribution in [0.1, 0.15) is 104 Å². The molecule has 0 aromatic heterocycles. The summed E-state index contributed by atoms with van der Waals surface area (Å²) in [6.45, 7) is 4.29. The first-order valence-electron chi connectivity index (χ1n) is 10.2. The fourth-order valence-electron chi connectivity index (χ4n) is 3.17. The van der Waals surface area contributed by atoms with Crippen molar-refractivity contribution in [3.05, 3.63) is 0 Å². The van der Waals surface area contributed by atoms with Gasteiger partial charge < -0.3 is 10.2 Å². The molecule has 0 saturated heterocycles. The van der Waals surface area contributed by atoms with Gasteiger partial charge in [-0.25, -0.2) is 0 Å². The second kappa shape index (κ2) is 14.9. The van der Waals surface area contributed by atoms with E-state index in [1.54, 1.807) is 0 Å². The molecule has 0 aliphatic carbocycles. The topological polar surface area (TPSA) is 94.8 Å². The molecule has 0 aliphatic heterocycles. The van der Waals surface area contributed by atoms with E-state index >= 15 is 0 Å². The normalized spacial score (nSPS) is 15.9. The first kappa shape index (κ1) is 24.8. The van der Waals surface area contributed by atoms with Crippen LogP contribution in [0.2, 0.25) is 0 Å². The number of rotatable bonds is 17. The molecule has 0 amide bonds. The van der Waals surface area contributed by atoms with Gasteiger partial charge >= 0.3 is 0 Å². The maximum Gasteiger partial charge on any atom is 0.270 e. The fourth-order valence-corrected chi connectivity index (χ4v) is 4.17. The molecule has 0 spiro atoms. The van der Waals surface area contributed by atoms with Crippen molar-refractivity contribution in [1.82, 2.24) is 0 Å². The van der Waals surface area contributed by atoms with Gasteiger partial charge in [-0.15, -0.1) is 0 Å². The van der Waals surface area contributed by atoms with Crippen LogP contribution in [-0.2, 0) is 10.1 Å². The lowest BCUT2D eigenvalue weighted by atomic mass is 9.99. The van der Waals surface area contributed by atoms with Gasteiger partial charge in [0.25, 0.3) is 10.1 Å². The van der Waals surface area contributed by atoms with Crippen LogP contribution in [0.5, 0.6) is 0 Å². The average molecular weight is 381 g/mol. The predicted octanol–water partition coefficient (Wildman–Crippen LogP) is 4.47. The minimum Gasteiger partial charge on any atom is -0.390 e. The van der Waals surface area contributed by atoms with E-state index in [1.807, 2.05) is 0 Å². The van der Waals surface area contributed by atoms with Crippen molar-refractivity contribution < 1.29 is 23.2 Å². The molecule has 6 heteroatoms. The van der Waals surface area contributed by atoms with Crippen molar-refractivity contribution in [3.63, 3.8) is 0 Å². The molecule has 0 aromatic carbocycles. The van der Waals surface area contributed by atoms with E-state index in [0.717, 1.165) is 44.9 Å². The molecule has 152 valence electrons. The van der Waals surface area contributed by atoms with Gasteiger partial charge in [0.05, 0.1) is 12.2 Å². The Morgan fingerprint density at radius 2 is 1.08 bits per heavy atom. The Labute approximate surface area is 155 Å². The van der Waals surface area contributed by atoms with Crippen LogP contribution in [0.25, 0.3) is 0 Å². The molecule has 0 fully saturated rings. The molecular weight excluding hydrogens is 340 g/mol. The molecule has 0 rings (SSSR count). The standard InChI is InChI=1S/C19H40O5S/c1-3-5-7-9-11-13-15-17(20)19(21)18(25(22,23)24)16-14-12-10-8-6-4-2/h17-21H,3-16H2,1-2H3,(H,22,23,24). The Bertz CT molecular complexity index is 397. The zero-order valence-electron chi connectivity index (χ0n) is 16.2. The number of unbranched alkanes of at least 4 members (excludes halogenated alkanes) is 10. The molecule has 0 bridgehead atoms. The molecular formula is C19H40O5S. The zero-order chi connectivity index (χ0) is 19.1. The molecule has 5 nitrogen and oxygen atoms in total. The number of hydrogen-bond donors (Lipinski definition) is 3. The summed E-state index contributed by atoms with van der Waals surface area (Å²) in [6, 6.07) is 0. The highest BCUT2D eigenvalue weighted by molar-refractivity contribution is 7.86. The monoisotopic (exact) mass is 380 g/mol. The van der Waals surface area contributed by atoms with Crippen molar-refractivity contribution in [1.29, 1.82) is 0 Å². The van der Waals surface area contributed by atoms with E-state index < -0.39 is 27.6 Å². The lowest BCUT2D eigenvalue weighted by molar-refractivity contribution is 0.00806. The van der Waals surface area contributed by atoms with Gasteiger partial charge in [-0.1, -0.05) is 90.9 Å². The summed E-state index contributed by atoms with van der Waals surface area (Å²) in [5, 5.41) is 19.0. The van der Waals surface area contributed by atoms with E-state index in [-0.39, 0.29) is 6.42 Å². The van der Waals surface area contributed by atoms with Crippen molar-refractivity contribution in [2.24, 2.45) is 0 Å². The first-order valence-corrected chi connectivity index (χ1v) is 11.7. The second-order valence-corrected chi connectivity index (χ2v) is 8.86. The summed E-state index contributed by atoms with van der Waals surface area (Å²) in [5.41, 5.74) is 0. The zero-order valence-corrected chi connectivity index (χ0v) is 17.0. The lowest BCUT2D eigenvalue weighted by Crippen LogP contribution is -2.42. The SMILES string of the molecule is CCCCCCCCC(O)C(O)C(CCCCCCCC)S(=O)(=O)O. The molecule has 0 radical (unpaired) electrons. The predicted molar refractivity (Wildman–Crippen MR) is 103 cm³/mol. The summed E-state index contributed by atoms with van der Waals surface area (Å²) in [4.78, 5) is 0. The highest BCUT2D eigenvalue weighted by Crippen LogP contribution is 2.20. The average Bonchev–Trinajstić information content (AvgIpc) is 2.55. The Kier molecular flexibility index (Phi) is 14.8. The third-order valence-corrected chi connectivity index (χ3v) is 6.13. The quantitative estimate of drug-likeness (QED) is 0.256. The Morgan fingerprint density at radius 1 is 0.680 bits per heavy atom. The van der Waals surface area contributed by atoms with Gasteiger partial charge in [0.2, 0.25) is 0 Å². The van der Waals surface area contributed by atoms with Crippen molar-refractivity contribution in [2.75, 3.05) is 0 Å². The van der Waals surface area contributed by atoms with E-state index in [2.05, 4.69) is 13.8 Å². The van der Waals surface area contributed by atoms with Gasteiger partial charge in [-0.3, -0.25) is 4.55 Å². The van der Waals surface area contributed by atoms with Gasteiger partial charge in [-0.2, -0.15) is 8.42 Å². The maximum absolute atomic E-state index is 11.6. The number of aliphatic hydroxyl groups is 2. The van der Waals surface area contributed by atoms with Crippen LogP contribution in [-0.4, -0.2) is 40.6 Å². The minimum atomic E-state index is -4.36. The highest BCUT2D eigenvalue weighted by Gasteiger charge is 2.34. The third-order valence-electron chi connectivity index (χ3n) is 4.85. The molecule has 0 aromatic rings. The second-order valence-electron chi connectivity index (χ2n) is 7.22. The number of hydrogen-bond acceptors (Lipinski definition) is 4. The summed E-state index contributed by atoms with van der Waals surface area (Å²) >= 11 is 0. The number of aliphatic hydroxyl groups excluding tert-OH is 2. The van der Waals surface area contributed by atoms with Gasteiger partial charge in [0.15, 0.2) is 0 Å². The first-order chi connectivity index (χ1) is 11.8. The van der Waals surface area contributed by atoms with Crippen LogP contribution < -0.4 is 0 Å². The van der Waals surface area contributed by atoms with Crippen LogP contribution in [0, 0.1) is 0 Å². The van der Waals surface area contributed by atoms with E-state index in [1.165, 1.54) is 25.7 Å². The molecule has 3 atom stereocenters. The Hall–Kier alpha value is -0.170. The van der Waals surface area contributed by atoms with Crippen molar-refractivity contribution in [2.45, 2.75) is 121 Å². The summed E-state index contributed by atoms with van der Waals surface area (Å²) in [6.07, 6.45) is 10.4. The van der Waals surface area contributed by atoms with Crippen LogP contribution in [0.3, 0.4) is 0 Å². The Morgan fingerprint density at radius 3 is 1.52 bits per heavy atom. The van der Waals surface area contributed by atoms with Gasteiger partial charge in [0.1, 0.15) is 5.25 Å². The lowest BCUT2D eigenvalue weighted by Gasteiger charge is -2.24. The van der Waals surface area contributed by atoms with Crippen LogP contribution in [0.4, 0.5) is 0 Å². The molecule has 0 aliphatic rings. The van der Waals surface area contributed by atoms with Gasteiger partial charge in [-0.05, 0) is 12.8 Å². The van der Waals surface area contributed by atoms with E-state index in [9.17, 15) is 23.2 Å². The minimum absolute atomic E-state index is 0.194. The van der Waals surface area contributed by atoms with E-state index in [0.29, 0.717) is 12.8 Å². The molecule has 25 heavy (non-hydrogen) atoms.